The quantitative estimate of drug-likeness (QED) is 0.812. The second-order valence-electron chi connectivity index (χ2n) is 5.05. The van der Waals surface area contributed by atoms with Crippen molar-refractivity contribution in [1.82, 2.24) is 15.1 Å². The summed E-state index contributed by atoms with van der Waals surface area (Å²) in [7, 11) is 1.71. The van der Waals surface area contributed by atoms with E-state index in [9.17, 15) is 0 Å². The fraction of sp³-hybridized carbons (Fsp3) is 0.786. The van der Waals surface area contributed by atoms with Crippen molar-refractivity contribution in [1.29, 1.82) is 0 Å². The van der Waals surface area contributed by atoms with Crippen molar-refractivity contribution in [2.45, 2.75) is 47.2 Å². The van der Waals surface area contributed by atoms with Crippen molar-refractivity contribution in [3.63, 3.8) is 0 Å². The molecule has 1 N–H and O–H groups in total. The van der Waals surface area contributed by atoms with E-state index in [1.165, 1.54) is 5.69 Å². The standard InChI is InChI=1S/C14H27N3O/c1-7-15-13(11(5)10(3)4)14-12(18-6)9-16-17(14)8-2/h9-11,13,15H,7-8H2,1-6H3. The summed E-state index contributed by atoms with van der Waals surface area (Å²) in [6.45, 7) is 12.9. The largest absolute Gasteiger partial charge is 0.493 e. The van der Waals surface area contributed by atoms with Crippen LogP contribution in [0.3, 0.4) is 0 Å². The Morgan fingerprint density at radius 3 is 2.44 bits per heavy atom. The molecule has 18 heavy (non-hydrogen) atoms. The van der Waals surface area contributed by atoms with Gasteiger partial charge >= 0.3 is 0 Å². The second-order valence-corrected chi connectivity index (χ2v) is 5.05. The zero-order chi connectivity index (χ0) is 13.7. The van der Waals surface area contributed by atoms with Crippen LogP contribution >= 0.6 is 0 Å². The smallest absolute Gasteiger partial charge is 0.161 e. The average Bonchev–Trinajstić information content (AvgIpc) is 2.77. The van der Waals surface area contributed by atoms with Crippen molar-refractivity contribution in [2.24, 2.45) is 11.8 Å². The molecule has 4 nitrogen and oxygen atoms in total. The maximum absolute atomic E-state index is 5.46. The number of nitrogens with zero attached hydrogens (tertiary/aromatic N) is 2. The summed E-state index contributed by atoms with van der Waals surface area (Å²) < 4.78 is 7.49. The van der Waals surface area contributed by atoms with E-state index in [4.69, 9.17) is 4.74 Å². The van der Waals surface area contributed by atoms with E-state index in [-0.39, 0.29) is 6.04 Å². The van der Waals surface area contributed by atoms with Crippen LogP contribution in [0.5, 0.6) is 5.75 Å². The lowest BCUT2D eigenvalue weighted by Crippen LogP contribution is -2.31. The van der Waals surface area contributed by atoms with Gasteiger partial charge in [-0.1, -0.05) is 27.7 Å². The van der Waals surface area contributed by atoms with Crippen LogP contribution in [0, 0.1) is 11.8 Å². The van der Waals surface area contributed by atoms with Gasteiger partial charge in [-0.25, -0.2) is 0 Å². The Bertz CT molecular complexity index is 338. The van der Waals surface area contributed by atoms with Crippen molar-refractivity contribution >= 4 is 0 Å². The van der Waals surface area contributed by atoms with E-state index in [1.54, 1.807) is 7.11 Å². The lowest BCUT2D eigenvalue weighted by molar-refractivity contribution is 0.284. The number of rotatable bonds is 7. The number of nitrogens with one attached hydrogen (secondary N) is 1. The molecule has 0 aromatic carbocycles. The van der Waals surface area contributed by atoms with Gasteiger partial charge in [0.2, 0.25) is 0 Å². The van der Waals surface area contributed by atoms with Crippen molar-refractivity contribution < 1.29 is 4.74 Å². The summed E-state index contributed by atoms with van der Waals surface area (Å²) in [5.41, 5.74) is 1.17. The SMILES string of the molecule is CCNC(c1c(OC)cnn1CC)C(C)C(C)C. The first-order valence-electron chi connectivity index (χ1n) is 6.89. The molecule has 1 aromatic rings. The zero-order valence-corrected chi connectivity index (χ0v) is 12.5. The molecule has 0 fully saturated rings. The highest BCUT2D eigenvalue weighted by molar-refractivity contribution is 5.29. The maximum atomic E-state index is 5.46. The van der Waals surface area contributed by atoms with Gasteiger partial charge in [-0.15, -0.1) is 0 Å². The van der Waals surface area contributed by atoms with Gasteiger partial charge in [0.25, 0.3) is 0 Å². The topological polar surface area (TPSA) is 39.1 Å². The van der Waals surface area contributed by atoms with E-state index < -0.39 is 0 Å². The van der Waals surface area contributed by atoms with Crippen LogP contribution in [-0.2, 0) is 6.54 Å². The molecule has 0 radical (unpaired) electrons. The minimum Gasteiger partial charge on any atom is -0.493 e. The summed E-state index contributed by atoms with van der Waals surface area (Å²) in [6, 6.07) is 0.285. The number of ether oxygens (including phenoxy) is 1. The summed E-state index contributed by atoms with van der Waals surface area (Å²) in [6.07, 6.45) is 1.82. The minimum atomic E-state index is 0.285. The molecule has 0 saturated heterocycles. The molecule has 1 heterocycles. The van der Waals surface area contributed by atoms with Gasteiger partial charge in [0, 0.05) is 6.54 Å². The van der Waals surface area contributed by atoms with Crippen LogP contribution in [-0.4, -0.2) is 23.4 Å². The Morgan fingerprint density at radius 2 is 2.00 bits per heavy atom. The predicted octanol–water partition coefficient (Wildman–Crippen LogP) is 2.85. The maximum Gasteiger partial charge on any atom is 0.161 e. The monoisotopic (exact) mass is 253 g/mol. The van der Waals surface area contributed by atoms with Crippen LogP contribution in [0.15, 0.2) is 6.20 Å². The van der Waals surface area contributed by atoms with Crippen LogP contribution in [0.25, 0.3) is 0 Å². The van der Waals surface area contributed by atoms with E-state index in [2.05, 4.69) is 45.0 Å². The molecule has 0 bridgehead atoms. The molecule has 0 amide bonds. The summed E-state index contributed by atoms with van der Waals surface area (Å²) in [4.78, 5) is 0. The van der Waals surface area contributed by atoms with Crippen molar-refractivity contribution in [2.75, 3.05) is 13.7 Å². The van der Waals surface area contributed by atoms with Crippen LogP contribution in [0.1, 0.15) is 46.4 Å². The zero-order valence-electron chi connectivity index (χ0n) is 12.5. The molecule has 1 aromatic heterocycles. The fourth-order valence-corrected chi connectivity index (χ4v) is 2.24. The Kier molecular flexibility index (Phi) is 5.66. The summed E-state index contributed by atoms with van der Waals surface area (Å²) in [5, 5.41) is 7.98. The second kappa shape index (κ2) is 6.78. The highest BCUT2D eigenvalue weighted by atomic mass is 16.5. The fourth-order valence-electron chi connectivity index (χ4n) is 2.24. The molecule has 0 aliphatic carbocycles. The van der Waals surface area contributed by atoms with Gasteiger partial charge in [-0.3, -0.25) is 4.68 Å². The third-order valence-corrected chi connectivity index (χ3v) is 3.66. The van der Waals surface area contributed by atoms with E-state index in [0.29, 0.717) is 11.8 Å². The molecule has 1 rings (SSSR count). The number of aromatic nitrogens is 2. The predicted molar refractivity (Wildman–Crippen MR) is 74.9 cm³/mol. The van der Waals surface area contributed by atoms with E-state index >= 15 is 0 Å². The van der Waals surface area contributed by atoms with Gasteiger partial charge in [0.1, 0.15) is 0 Å². The molecule has 0 saturated carbocycles. The first kappa shape index (κ1) is 15.0. The third-order valence-electron chi connectivity index (χ3n) is 3.66. The summed E-state index contributed by atoms with van der Waals surface area (Å²) in [5.74, 6) is 2.02. The minimum absolute atomic E-state index is 0.285. The first-order chi connectivity index (χ1) is 8.56. The molecule has 2 unspecified atom stereocenters. The number of hydrogen-bond donors (Lipinski definition) is 1. The Morgan fingerprint density at radius 1 is 1.33 bits per heavy atom. The lowest BCUT2D eigenvalue weighted by atomic mass is 9.88. The third kappa shape index (κ3) is 3.05. The van der Waals surface area contributed by atoms with Gasteiger partial charge < -0.3 is 10.1 Å². The van der Waals surface area contributed by atoms with Gasteiger partial charge in [0.15, 0.2) is 5.75 Å². The Labute approximate surface area is 111 Å². The molecule has 0 spiro atoms. The van der Waals surface area contributed by atoms with Crippen LogP contribution in [0.2, 0.25) is 0 Å². The first-order valence-corrected chi connectivity index (χ1v) is 6.89. The highest BCUT2D eigenvalue weighted by Gasteiger charge is 2.27. The summed E-state index contributed by atoms with van der Waals surface area (Å²) >= 11 is 0. The molecular weight excluding hydrogens is 226 g/mol. The van der Waals surface area contributed by atoms with E-state index in [1.807, 2.05) is 10.9 Å². The molecular formula is C14H27N3O. The normalized spacial score (nSPS) is 14.8. The molecule has 4 heteroatoms. The van der Waals surface area contributed by atoms with Crippen LogP contribution < -0.4 is 10.1 Å². The average molecular weight is 253 g/mol. The molecule has 104 valence electrons. The van der Waals surface area contributed by atoms with Crippen molar-refractivity contribution in [3.05, 3.63) is 11.9 Å². The Hall–Kier alpha value is -1.03. The number of methoxy groups -OCH3 is 1. The van der Waals surface area contributed by atoms with Crippen LogP contribution in [0.4, 0.5) is 0 Å². The van der Waals surface area contributed by atoms with Crippen molar-refractivity contribution in [3.8, 4) is 5.75 Å². The molecule has 2 atom stereocenters. The highest BCUT2D eigenvalue weighted by Crippen LogP contribution is 2.33. The van der Waals surface area contributed by atoms with Gasteiger partial charge in [0.05, 0.1) is 25.0 Å². The lowest BCUT2D eigenvalue weighted by Gasteiger charge is -2.28. The molecule has 0 aliphatic heterocycles. The number of hydrogen-bond acceptors (Lipinski definition) is 3. The number of aryl methyl sites for hydroxylation is 1. The van der Waals surface area contributed by atoms with Gasteiger partial charge in [-0.05, 0) is 25.3 Å². The van der Waals surface area contributed by atoms with Gasteiger partial charge in [-0.2, -0.15) is 5.10 Å². The Balaban J connectivity index is 3.14. The molecule has 0 aliphatic rings. The van der Waals surface area contributed by atoms with E-state index in [0.717, 1.165) is 18.8 Å².